The molecule has 3 aromatic rings. The third-order valence-electron chi connectivity index (χ3n) is 4.83. The second-order valence-electron chi connectivity index (χ2n) is 6.58. The molecular formula is C20H19FN4O2. The van der Waals surface area contributed by atoms with Gasteiger partial charge in [0.25, 0.3) is 0 Å². The number of hydrogen-bond acceptors (Lipinski definition) is 4. The SMILES string of the molecule is O=C(O)N1CCC(Nc2nc(-c3ccccc3F)c3ccccc3n2)CC1. The molecule has 138 valence electrons. The van der Waals surface area contributed by atoms with E-state index in [9.17, 15) is 9.18 Å². The van der Waals surface area contributed by atoms with Gasteiger partial charge in [-0.25, -0.2) is 19.2 Å². The van der Waals surface area contributed by atoms with Gasteiger partial charge in [-0.15, -0.1) is 0 Å². The minimum Gasteiger partial charge on any atom is -0.465 e. The van der Waals surface area contributed by atoms with Gasteiger partial charge >= 0.3 is 6.09 Å². The van der Waals surface area contributed by atoms with E-state index in [0.29, 0.717) is 43.1 Å². The molecule has 27 heavy (non-hydrogen) atoms. The zero-order valence-corrected chi connectivity index (χ0v) is 14.6. The first-order valence-electron chi connectivity index (χ1n) is 8.88. The van der Waals surface area contributed by atoms with Crippen LogP contribution in [0.2, 0.25) is 0 Å². The molecular weight excluding hydrogens is 347 g/mol. The van der Waals surface area contributed by atoms with E-state index in [1.807, 2.05) is 24.3 Å². The summed E-state index contributed by atoms with van der Waals surface area (Å²) in [5.74, 6) is 0.0998. The Morgan fingerprint density at radius 3 is 2.52 bits per heavy atom. The summed E-state index contributed by atoms with van der Waals surface area (Å²) in [4.78, 5) is 21.6. The second-order valence-corrected chi connectivity index (χ2v) is 6.58. The minimum absolute atomic E-state index is 0.0789. The molecule has 0 saturated carbocycles. The van der Waals surface area contributed by atoms with Crippen molar-refractivity contribution in [1.29, 1.82) is 0 Å². The quantitative estimate of drug-likeness (QED) is 0.733. The summed E-state index contributed by atoms with van der Waals surface area (Å²) in [6.07, 6.45) is 0.465. The average molecular weight is 366 g/mol. The first-order chi connectivity index (χ1) is 13.1. The Bertz CT molecular complexity index is 987. The van der Waals surface area contributed by atoms with Crippen molar-refractivity contribution in [3.63, 3.8) is 0 Å². The Balaban J connectivity index is 1.67. The summed E-state index contributed by atoms with van der Waals surface area (Å²) in [7, 11) is 0. The van der Waals surface area contributed by atoms with E-state index in [-0.39, 0.29) is 11.9 Å². The number of rotatable bonds is 3. The highest BCUT2D eigenvalue weighted by atomic mass is 19.1. The molecule has 0 radical (unpaired) electrons. The highest BCUT2D eigenvalue weighted by molar-refractivity contribution is 5.93. The zero-order valence-electron chi connectivity index (χ0n) is 14.6. The molecule has 7 heteroatoms. The Morgan fingerprint density at radius 1 is 1.07 bits per heavy atom. The van der Waals surface area contributed by atoms with Crippen LogP contribution in [0, 0.1) is 5.82 Å². The Morgan fingerprint density at radius 2 is 1.78 bits per heavy atom. The molecule has 0 unspecified atom stereocenters. The van der Waals surface area contributed by atoms with Crippen LogP contribution in [0.25, 0.3) is 22.2 Å². The van der Waals surface area contributed by atoms with Crippen LogP contribution in [-0.2, 0) is 0 Å². The smallest absolute Gasteiger partial charge is 0.407 e. The predicted molar refractivity (Wildman–Crippen MR) is 101 cm³/mol. The normalized spacial score (nSPS) is 15.1. The number of amides is 1. The fraction of sp³-hybridized carbons (Fsp3) is 0.250. The summed E-state index contributed by atoms with van der Waals surface area (Å²) >= 11 is 0. The van der Waals surface area contributed by atoms with E-state index in [1.54, 1.807) is 18.2 Å². The number of para-hydroxylation sites is 1. The third-order valence-corrected chi connectivity index (χ3v) is 4.83. The standard InChI is InChI=1S/C20H19FN4O2/c21-16-7-3-1-5-14(16)18-15-6-2-4-8-17(15)23-19(24-18)22-13-9-11-25(12-10-13)20(26)27/h1-8,13H,9-12H2,(H,26,27)(H,22,23,24). The molecule has 0 atom stereocenters. The molecule has 4 rings (SSSR count). The van der Waals surface area contributed by atoms with Crippen molar-refractivity contribution >= 4 is 22.9 Å². The van der Waals surface area contributed by atoms with E-state index in [4.69, 9.17) is 5.11 Å². The molecule has 0 bridgehead atoms. The molecule has 0 aliphatic carbocycles. The summed E-state index contributed by atoms with van der Waals surface area (Å²) in [6, 6.07) is 14.2. The van der Waals surface area contributed by atoms with Crippen LogP contribution in [0.3, 0.4) is 0 Å². The van der Waals surface area contributed by atoms with Crippen LogP contribution in [0.4, 0.5) is 15.1 Å². The molecule has 2 heterocycles. The zero-order chi connectivity index (χ0) is 18.8. The third kappa shape index (κ3) is 3.53. The van der Waals surface area contributed by atoms with E-state index in [2.05, 4.69) is 15.3 Å². The van der Waals surface area contributed by atoms with Gasteiger partial charge in [0.15, 0.2) is 0 Å². The van der Waals surface area contributed by atoms with Crippen molar-refractivity contribution in [2.45, 2.75) is 18.9 Å². The number of halogens is 1. The lowest BCUT2D eigenvalue weighted by Crippen LogP contribution is -2.41. The van der Waals surface area contributed by atoms with Crippen molar-refractivity contribution in [3.05, 3.63) is 54.3 Å². The molecule has 1 saturated heterocycles. The number of anilines is 1. The van der Waals surface area contributed by atoms with Crippen LogP contribution < -0.4 is 5.32 Å². The maximum atomic E-state index is 14.4. The summed E-state index contributed by atoms with van der Waals surface area (Å²) in [5, 5.41) is 13.2. The van der Waals surface area contributed by atoms with Gasteiger partial charge < -0.3 is 15.3 Å². The molecule has 1 aromatic heterocycles. The number of piperidine rings is 1. The lowest BCUT2D eigenvalue weighted by atomic mass is 10.1. The van der Waals surface area contributed by atoms with Crippen molar-refractivity contribution in [3.8, 4) is 11.3 Å². The van der Waals surface area contributed by atoms with Crippen molar-refractivity contribution in [2.75, 3.05) is 18.4 Å². The van der Waals surface area contributed by atoms with Crippen LogP contribution in [0.1, 0.15) is 12.8 Å². The lowest BCUT2D eigenvalue weighted by Gasteiger charge is -2.30. The summed E-state index contributed by atoms with van der Waals surface area (Å²) in [5.41, 5.74) is 1.71. The van der Waals surface area contributed by atoms with Crippen molar-refractivity contribution in [2.24, 2.45) is 0 Å². The largest absolute Gasteiger partial charge is 0.465 e. The lowest BCUT2D eigenvalue weighted by molar-refractivity contribution is 0.133. The Kier molecular flexibility index (Phi) is 4.58. The van der Waals surface area contributed by atoms with Gasteiger partial charge in [0.05, 0.1) is 11.2 Å². The molecule has 2 N–H and O–H groups in total. The van der Waals surface area contributed by atoms with Crippen LogP contribution in [0.15, 0.2) is 48.5 Å². The van der Waals surface area contributed by atoms with Gasteiger partial charge in [0.1, 0.15) is 5.82 Å². The molecule has 1 aliphatic heterocycles. The molecule has 1 aliphatic rings. The fourth-order valence-electron chi connectivity index (χ4n) is 3.40. The number of carbonyl (C=O) groups is 1. The van der Waals surface area contributed by atoms with Crippen LogP contribution in [-0.4, -0.2) is 45.2 Å². The van der Waals surface area contributed by atoms with Gasteiger partial charge in [-0.2, -0.15) is 0 Å². The van der Waals surface area contributed by atoms with E-state index in [0.717, 1.165) is 10.9 Å². The predicted octanol–water partition coefficient (Wildman–Crippen LogP) is 3.99. The maximum Gasteiger partial charge on any atom is 0.407 e. The van der Waals surface area contributed by atoms with Gasteiger partial charge in [-0.05, 0) is 31.0 Å². The molecule has 0 spiro atoms. The van der Waals surface area contributed by atoms with Gasteiger partial charge in [-0.3, -0.25) is 0 Å². The molecule has 1 amide bonds. The van der Waals surface area contributed by atoms with E-state index >= 15 is 0 Å². The number of likely N-dealkylation sites (tertiary alicyclic amines) is 1. The number of aromatic nitrogens is 2. The number of nitrogens with one attached hydrogen (secondary N) is 1. The highest BCUT2D eigenvalue weighted by Crippen LogP contribution is 2.29. The molecule has 1 fully saturated rings. The van der Waals surface area contributed by atoms with E-state index in [1.165, 1.54) is 11.0 Å². The minimum atomic E-state index is -0.891. The Labute approximate surface area is 155 Å². The second kappa shape index (κ2) is 7.19. The number of benzene rings is 2. The average Bonchev–Trinajstić information content (AvgIpc) is 2.68. The van der Waals surface area contributed by atoms with Gasteiger partial charge in [0.2, 0.25) is 5.95 Å². The van der Waals surface area contributed by atoms with Crippen LogP contribution in [0.5, 0.6) is 0 Å². The fourth-order valence-corrected chi connectivity index (χ4v) is 3.40. The summed E-state index contributed by atoms with van der Waals surface area (Å²) < 4.78 is 14.4. The van der Waals surface area contributed by atoms with Gasteiger partial charge in [-0.1, -0.05) is 30.3 Å². The van der Waals surface area contributed by atoms with E-state index < -0.39 is 6.09 Å². The molecule has 2 aromatic carbocycles. The Hall–Kier alpha value is -3.22. The number of hydrogen-bond donors (Lipinski definition) is 2. The number of fused-ring (bicyclic) bond motifs is 1. The van der Waals surface area contributed by atoms with Crippen molar-refractivity contribution < 1.29 is 14.3 Å². The number of carboxylic acid groups (broad SMARTS) is 1. The van der Waals surface area contributed by atoms with Crippen LogP contribution >= 0.6 is 0 Å². The molecule has 6 nitrogen and oxygen atoms in total. The monoisotopic (exact) mass is 366 g/mol. The summed E-state index contributed by atoms with van der Waals surface area (Å²) in [6.45, 7) is 0.946. The number of nitrogens with zero attached hydrogens (tertiary/aromatic N) is 3. The topological polar surface area (TPSA) is 78.4 Å². The first-order valence-corrected chi connectivity index (χ1v) is 8.88. The van der Waals surface area contributed by atoms with Crippen molar-refractivity contribution in [1.82, 2.24) is 14.9 Å². The maximum absolute atomic E-state index is 14.4. The highest BCUT2D eigenvalue weighted by Gasteiger charge is 2.23. The van der Waals surface area contributed by atoms with Gasteiger partial charge in [0, 0.05) is 30.1 Å². The first kappa shape index (κ1) is 17.2.